The van der Waals surface area contributed by atoms with E-state index in [0.717, 1.165) is 54.4 Å². The van der Waals surface area contributed by atoms with Crippen molar-refractivity contribution in [3.05, 3.63) is 53.9 Å². The van der Waals surface area contributed by atoms with Gasteiger partial charge in [-0.3, -0.25) is 9.78 Å². The van der Waals surface area contributed by atoms with Crippen molar-refractivity contribution < 1.29 is 9.32 Å². The lowest BCUT2D eigenvalue weighted by molar-refractivity contribution is -0.131. The summed E-state index contributed by atoms with van der Waals surface area (Å²) in [4.78, 5) is 23.7. The summed E-state index contributed by atoms with van der Waals surface area (Å²) in [5.41, 5.74) is 0.961. The normalized spacial score (nSPS) is 20.0. The van der Waals surface area contributed by atoms with Crippen LogP contribution in [0, 0.1) is 0 Å². The number of carbonyl (C=O) groups excluding carboxylic acids is 1. The van der Waals surface area contributed by atoms with Gasteiger partial charge in [-0.2, -0.15) is 4.98 Å². The third-order valence-corrected chi connectivity index (χ3v) is 5.35. The van der Waals surface area contributed by atoms with E-state index in [-0.39, 0.29) is 11.9 Å². The SMILES string of the molecule is O=C(Cc1cncc2ccccc12)N1CCCC1c1nc(C2CC2)no1. The Morgan fingerprint density at radius 2 is 2.08 bits per heavy atom. The molecule has 6 heteroatoms. The van der Waals surface area contributed by atoms with Gasteiger partial charge in [-0.05, 0) is 36.6 Å². The van der Waals surface area contributed by atoms with Gasteiger partial charge in [-0.1, -0.05) is 29.4 Å². The van der Waals surface area contributed by atoms with Crippen LogP contribution in [0.1, 0.15) is 54.9 Å². The average molecular weight is 348 g/mol. The fraction of sp³-hybridized carbons (Fsp3) is 0.400. The Kier molecular flexibility index (Phi) is 3.69. The summed E-state index contributed by atoms with van der Waals surface area (Å²) in [5, 5.41) is 6.25. The lowest BCUT2D eigenvalue weighted by Gasteiger charge is -2.22. The number of carbonyl (C=O) groups is 1. The predicted octanol–water partition coefficient (Wildman–Crippen LogP) is 3.40. The van der Waals surface area contributed by atoms with Gasteiger partial charge in [0.15, 0.2) is 5.82 Å². The lowest BCUT2D eigenvalue weighted by Crippen LogP contribution is -2.32. The summed E-state index contributed by atoms with van der Waals surface area (Å²) in [5.74, 6) is 1.95. The van der Waals surface area contributed by atoms with Gasteiger partial charge in [0, 0.05) is 30.2 Å². The van der Waals surface area contributed by atoms with Gasteiger partial charge in [0.25, 0.3) is 0 Å². The van der Waals surface area contributed by atoms with E-state index < -0.39 is 0 Å². The summed E-state index contributed by atoms with van der Waals surface area (Å²) < 4.78 is 5.48. The molecule has 0 bridgehead atoms. The van der Waals surface area contributed by atoms with Gasteiger partial charge < -0.3 is 9.42 Å². The molecular formula is C20H20N4O2. The maximum atomic E-state index is 13.0. The first-order valence-electron chi connectivity index (χ1n) is 9.24. The molecule has 0 radical (unpaired) electrons. The van der Waals surface area contributed by atoms with Crippen LogP contribution in [0.15, 0.2) is 41.2 Å². The number of nitrogens with zero attached hydrogens (tertiary/aromatic N) is 4. The second-order valence-corrected chi connectivity index (χ2v) is 7.21. The van der Waals surface area contributed by atoms with E-state index in [2.05, 4.69) is 15.1 Å². The number of aromatic nitrogens is 3. The Morgan fingerprint density at radius 1 is 1.19 bits per heavy atom. The molecule has 2 aromatic heterocycles. The van der Waals surface area contributed by atoms with Crippen molar-refractivity contribution in [2.24, 2.45) is 0 Å². The molecule has 1 aliphatic heterocycles. The minimum absolute atomic E-state index is 0.0922. The Hall–Kier alpha value is -2.76. The van der Waals surface area contributed by atoms with Gasteiger partial charge in [-0.25, -0.2) is 0 Å². The first kappa shape index (κ1) is 15.5. The summed E-state index contributed by atoms with van der Waals surface area (Å²) in [7, 11) is 0. The van der Waals surface area contributed by atoms with E-state index in [1.165, 1.54) is 0 Å². The molecule has 132 valence electrons. The van der Waals surface area contributed by atoms with Gasteiger partial charge in [0.1, 0.15) is 6.04 Å². The number of rotatable bonds is 4. The second-order valence-electron chi connectivity index (χ2n) is 7.21. The summed E-state index contributed by atoms with van der Waals surface area (Å²) in [6, 6.07) is 7.95. The molecule has 3 aromatic rings. The molecule has 0 spiro atoms. The standard InChI is InChI=1S/C20H20N4O2/c25-18(10-15-12-21-11-14-4-1-2-5-16(14)15)24-9-3-6-17(24)20-22-19(23-26-20)13-7-8-13/h1-2,4-5,11-13,17H,3,6-10H2. The molecule has 2 fully saturated rings. The molecule has 1 aromatic carbocycles. The molecule has 0 N–H and O–H groups in total. The van der Waals surface area contributed by atoms with Gasteiger partial charge in [0.2, 0.25) is 11.8 Å². The molecular weight excluding hydrogens is 328 g/mol. The number of pyridine rings is 1. The van der Waals surface area contributed by atoms with Crippen molar-refractivity contribution in [2.75, 3.05) is 6.54 Å². The van der Waals surface area contributed by atoms with E-state index in [4.69, 9.17) is 4.52 Å². The minimum atomic E-state index is -0.0922. The van der Waals surface area contributed by atoms with Crippen LogP contribution in [-0.4, -0.2) is 32.5 Å². The zero-order chi connectivity index (χ0) is 17.5. The molecule has 1 unspecified atom stereocenters. The van der Waals surface area contributed by atoms with Gasteiger partial charge >= 0.3 is 0 Å². The lowest BCUT2D eigenvalue weighted by atomic mass is 10.0. The monoisotopic (exact) mass is 348 g/mol. The van der Waals surface area contributed by atoms with E-state index in [0.29, 0.717) is 18.2 Å². The molecule has 1 saturated heterocycles. The van der Waals surface area contributed by atoms with Crippen molar-refractivity contribution in [3.63, 3.8) is 0 Å². The van der Waals surface area contributed by atoms with Crippen molar-refractivity contribution in [1.82, 2.24) is 20.0 Å². The maximum Gasteiger partial charge on any atom is 0.249 e. The highest BCUT2D eigenvalue weighted by Gasteiger charge is 2.36. The molecule has 1 amide bonds. The zero-order valence-corrected chi connectivity index (χ0v) is 14.5. The number of amides is 1. The van der Waals surface area contributed by atoms with E-state index >= 15 is 0 Å². The summed E-state index contributed by atoms with van der Waals surface area (Å²) in [6.07, 6.45) is 8.09. The molecule has 1 atom stereocenters. The van der Waals surface area contributed by atoms with E-state index in [9.17, 15) is 4.79 Å². The van der Waals surface area contributed by atoms with Crippen LogP contribution in [0.25, 0.3) is 10.8 Å². The topological polar surface area (TPSA) is 72.1 Å². The average Bonchev–Trinajstić information content (AvgIpc) is 3.20. The maximum absolute atomic E-state index is 13.0. The summed E-state index contributed by atoms with van der Waals surface area (Å²) in [6.45, 7) is 0.739. The van der Waals surface area contributed by atoms with Crippen LogP contribution in [0.3, 0.4) is 0 Å². The third kappa shape index (κ3) is 2.75. The molecule has 5 rings (SSSR count). The van der Waals surface area contributed by atoms with Gasteiger partial charge in [0.05, 0.1) is 6.42 Å². The van der Waals surface area contributed by atoms with Crippen LogP contribution < -0.4 is 0 Å². The smallest absolute Gasteiger partial charge is 0.249 e. The fourth-order valence-corrected chi connectivity index (χ4v) is 3.80. The van der Waals surface area contributed by atoms with Crippen LogP contribution >= 0.6 is 0 Å². The Bertz CT molecular complexity index is 958. The number of likely N-dealkylation sites (tertiary alicyclic amines) is 1. The molecule has 26 heavy (non-hydrogen) atoms. The Morgan fingerprint density at radius 3 is 2.96 bits per heavy atom. The van der Waals surface area contributed by atoms with Crippen LogP contribution in [0.4, 0.5) is 0 Å². The zero-order valence-electron chi connectivity index (χ0n) is 14.5. The molecule has 6 nitrogen and oxygen atoms in total. The highest BCUT2D eigenvalue weighted by molar-refractivity contribution is 5.89. The largest absolute Gasteiger partial charge is 0.337 e. The number of hydrogen-bond acceptors (Lipinski definition) is 5. The minimum Gasteiger partial charge on any atom is -0.337 e. The van der Waals surface area contributed by atoms with Crippen LogP contribution in [-0.2, 0) is 11.2 Å². The molecule has 1 aliphatic carbocycles. The molecule has 2 aliphatic rings. The van der Waals surface area contributed by atoms with Crippen LogP contribution in [0.2, 0.25) is 0 Å². The predicted molar refractivity (Wildman–Crippen MR) is 95.4 cm³/mol. The Balaban J connectivity index is 1.38. The number of benzene rings is 1. The van der Waals surface area contributed by atoms with E-state index in [1.54, 1.807) is 6.20 Å². The molecule has 3 heterocycles. The fourth-order valence-electron chi connectivity index (χ4n) is 3.80. The first-order chi connectivity index (χ1) is 12.8. The second kappa shape index (κ2) is 6.20. The first-order valence-corrected chi connectivity index (χ1v) is 9.24. The highest BCUT2D eigenvalue weighted by Crippen LogP contribution is 2.39. The van der Waals surface area contributed by atoms with E-state index in [1.807, 2.05) is 35.4 Å². The highest BCUT2D eigenvalue weighted by atomic mass is 16.5. The molecule has 1 saturated carbocycles. The summed E-state index contributed by atoms with van der Waals surface area (Å²) >= 11 is 0. The van der Waals surface area contributed by atoms with Gasteiger partial charge in [-0.15, -0.1) is 0 Å². The van der Waals surface area contributed by atoms with Crippen molar-refractivity contribution in [1.29, 1.82) is 0 Å². The third-order valence-electron chi connectivity index (χ3n) is 5.35. The van der Waals surface area contributed by atoms with Crippen molar-refractivity contribution in [3.8, 4) is 0 Å². The number of hydrogen-bond donors (Lipinski definition) is 0. The number of fused-ring (bicyclic) bond motifs is 1. The van der Waals surface area contributed by atoms with Crippen molar-refractivity contribution >= 4 is 16.7 Å². The Labute approximate surface area is 151 Å². The quantitative estimate of drug-likeness (QED) is 0.722. The van der Waals surface area contributed by atoms with Crippen molar-refractivity contribution in [2.45, 2.75) is 44.1 Å². The van der Waals surface area contributed by atoms with Crippen LogP contribution in [0.5, 0.6) is 0 Å².